The summed E-state index contributed by atoms with van der Waals surface area (Å²) < 4.78 is 18.5. The minimum Gasteiger partial charge on any atom is -0.381 e. The van der Waals surface area contributed by atoms with Gasteiger partial charge in [0, 0.05) is 18.8 Å². The second-order valence-electron chi connectivity index (χ2n) is 5.08. The standard InChI is InChI=1S/C14H20FNO/c1-11-9-13(15)4-3-12(11)10-14(16)5-2-7-17-8-6-14/h3-4,9H,2,5-8,10,16H2,1H3. The molecule has 1 aromatic carbocycles. The van der Waals surface area contributed by atoms with E-state index in [0.717, 1.165) is 50.0 Å². The zero-order valence-electron chi connectivity index (χ0n) is 10.3. The van der Waals surface area contributed by atoms with Crippen LogP contribution in [0.25, 0.3) is 0 Å². The highest BCUT2D eigenvalue weighted by Gasteiger charge is 2.27. The monoisotopic (exact) mass is 237 g/mol. The molecular formula is C14H20FNO. The third-order valence-corrected chi connectivity index (χ3v) is 3.55. The molecule has 0 aliphatic carbocycles. The molecule has 0 saturated carbocycles. The predicted molar refractivity (Wildman–Crippen MR) is 66.4 cm³/mol. The minimum atomic E-state index is -0.195. The Kier molecular flexibility index (Phi) is 3.79. The summed E-state index contributed by atoms with van der Waals surface area (Å²) in [6, 6.07) is 4.94. The first-order chi connectivity index (χ1) is 8.09. The van der Waals surface area contributed by atoms with E-state index in [-0.39, 0.29) is 11.4 Å². The summed E-state index contributed by atoms with van der Waals surface area (Å²) in [4.78, 5) is 0. The van der Waals surface area contributed by atoms with Gasteiger partial charge in [-0.2, -0.15) is 0 Å². The van der Waals surface area contributed by atoms with Crippen LogP contribution in [0.5, 0.6) is 0 Å². The van der Waals surface area contributed by atoms with Crippen LogP contribution in [0, 0.1) is 12.7 Å². The Labute approximate surface area is 102 Å². The fourth-order valence-electron chi connectivity index (χ4n) is 2.44. The highest BCUT2D eigenvalue weighted by molar-refractivity contribution is 5.28. The van der Waals surface area contributed by atoms with Gasteiger partial charge in [-0.1, -0.05) is 6.07 Å². The first-order valence-corrected chi connectivity index (χ1v) is 6.21. The third-order valence-electron chi connectivity index (χ3n) is 3.55. The maximum absolute atomic E-state index is 13.0. The first kappa shape index (κ1) is 12.5. The molecule has 0 spiro atoms. The largest absolute Gasteiger partial charge is 0.381 e. The molecule has 94 valence electrons. The summed E-state index contributed by atoms with van der Waals surface area (Å²) in [6.07, 6.45) is 3.67. The number of aryl methyl sites for hydroxylation is 1. The third kappa shape index (κ3) is 3.27. The highest BCUT2D eigenvalue weighted by atomic mass is 19.1. The molecule has 0 amide bonds. The van der Waals surface area contributed by atoms with Crippen LogP contribution >= 0.6 is 0 Å². The molecule has 0 bridgehead atoms. The first-order valence-electron chi connectivity index (χ1n) is 6.21. The van der Waals surface area contributed by atoms with E-state index < -0.39 is 0 Å². The molecular weight excluding hydrogens is 217 g/mol. The van der Waals surface area contributed by atoms with Crippen molar-refractivity contribution in [3.63, 3.8) is 0 Å². The van der Waals surface area contributed by atoms with Gasteiger partial charge in [-0.25, -0.2) is 4.39 Å². The SMILES string of the molecule is Cc1cc(F)ccc1CC1(N)CCCOCC1. The Hall–Kier alpha value is -0.930. The van der Waals surface area contributed by atoms with Crippen molar-refractivity contribution in [2.45, 2.75) is 38.1 Å². The van der Waals surface area contributed by atoms with Gasteiger partial charge in [0.25, 0.3) is 0 Å². The Morgan fingerprint density at radius 3 is 2.94 bits per heavy atom. The van der Waals surface area contributed by atoms with E-state index in [9.17, 15) is 4.39 Å². The van der Waals surface area contributed by atoms with Gasteiger partial charge < -0.3 is 10.5 Å². The molecule has 2 nitrogen and oxygen atoms in total. The van der Waals surface area contributed by atoms with E-state index in [1.165, 1.54) is 6.07 Å². The summed E-state index contributed by atoms with van der Waals surface area (Å²) in [6.45, 7) is 3.48. The molecule has 1 fully saturated rings. The lowest BCUT2D eigenvalue weighted by Crippen LogP contribution is -2.42. The molecule has 1 unspecified atom stereocenters. The summed E-state index contributed by atoms with van der Waals surface area (Å²) in [7, 11) is 0. The molecule has 1 aliphatic rings. The number of halogens is 1. The second-order valence-corrected chi connectivity index (χ2v) is 5.08. The van der Waals surface area contributed by atoms with Crippen molar-refractivity contribution in [3.8, 4) is 0 Å². The predicted octanol–water partition coefficient (Wildman–Crippen LogP) is 2.57. The number of nitrogens with two attached hydrogens (primary N) is 1. The Bertz CT molecular complexity index is 384. The van der Waals surface area contributed by atoms with Crippen molar-refractivity contribution in [1.29, 1.82) is 0 Å². The lowest BCUT2D eigenvalue weighted by molar-refractivity contribution is 0.139. The van der Waals surface area contributed by atoms with Crippen molar-refractivity contribution >= 4 is 0 Å². The molecule has 1 aromatic rings. The lowest BCUT2D eigenvalue weighted by atomic mass is 9.84. The van der Waals surface area contributed by atoms with Crippen molar-refractivity contribution in [2.24, 2.45) is 5.73 Å². The normalized spacial score (nSPS) is 25.6. The number of hydrogen-bond acceptors (Lipinski definition) is 2. The molecule has 0 aromatic heterocycles. The maximum Gasteiger partial charge on any atom is 0.123 e. The van der Waals surface area contributed by atoms with Crippen molar-refractivity contribution < 1.29 is 9.13 Å². The minimum absolute atomic E-state index is 0.179. The summed E-state index contributed by atoms with van der Waals surface area (Å²) in [5, 5.41) is 0. The highest BCUT2D eigenvalue weighted by Crippen LogP contribution is 2.25. The van der Waals surface area contributed by atoms with Gasteiger partial charge in [-0.3, -0.25) is 0 Å². The Morgan fingerprint density at radius 2 is 2.18 bits per heavy atom. The summed E-state index contributed by atoms with van der Waals surface area (Å²) in [5.74, 6) is -0.179. The van der Waals surface area contributed by atoms with Crippen LogP contribution in [-0.4, -0.2) is 18.8 Å². The van der Waals surface area contributed by atoms with Crippen LogP contribution < -0.4 is 5.73 Å². The topological polar surface area (TPSA) is 35.2 Å². The van der Waals surface area contributed by atoms with Crippen LogP contribution in [0.4, 0.5) is 4.39 Å². The van der Waals surface area contributed by atoms with E-state index in [2.05, 4.69) is 0 Å². The summed E-state index contributed by atoms with van der Waals surface area (Å²) >= 11 is 0. The Balaban J connectivity index is 2.12. The fraction of sp³-hybridized carbons (Fsp3) is 0.571. The molecule has 3 heteroatoms. The molecule has 0 radical (unpaired) electrons. The van der Waals surface area contributed by atoms with Gasteiger partial charge in [-0.05, 0) is 55.9 Å². The average Bonchev–Trinajstić information content (AvgIpc) is 2.48. The van der Waals surface area contributed by atoms with Crippen LogP contribution in [0.3, 0.4) is 0 Å². The van der Waals surface area contributed by atoms with Crippen LogP contribution in [-0.2, 0) is 11.2 Å². The van der Waals surface area contributed by atoms with Crippen LogP contribution in [0.1, 0.15) is 30.4 Å². The smallest absolute Gasteiger partial charge is 0.123 e. The average molecular weight is 237 g/mol. The Morgan fingerprint density at radius 1 is 1.35 bits per heavy atom. The molecule has 2 N–H and O–H groups in total. The molecule has 1 aliphatic heterocycles. The van der Waals surface area contributed by atoms with Gasteiger partial charge in [-0.15, -0.1) is 0 Å². The van der Waals surface area contributed by atoms with Gasteiger partial charge >= 0.3 is 0 Å². The number of rotatable bonds is 2. The zero-order valence-corrected chi connectivity index (χ0v) is 10.3. The molecule has 1 heterocycles. The van der Waals surface area contributed by atoms with Gasteiger partial charge in [0.2, 0.25) is 0 Å². The lowest BCUT2D eigenvalue weighted by Gasteiger charge is -2.28. The molecule has 2 rings (SSSR count). The zero-order chi connectivity index (χ0) is 12.3. The number of benzene rings is 1. The van der Waals surface area contributed by atoms with E-state index >= 15 is 0 Å². The van der Waals surface area contributed by atoms with Crippen molar-refractivity contribution in [1.82, 2.24) is 0 Å². The maximum atomic E-state index is 13.0. The van der Waals surface area contributed by atoms with Crippen molar-refractivity contribution in [2.75, 3.05) is 13.2 Å². The summed E-state index contributed by atoms with van der Waals surface area (Å²) in [5.41, 5.74) is 8.36. The second kappa shape index (κ2) is 5.15. The van der Waals surface area contributed by atoms with E-state index in [4.69, 9.17) is 10.5 Å². The van der Waals surface area contributed by atoms with Crippen molar-refractivity contribution in [3.05, 3.63) is 35.1 Å². The van der Waals surface area contributed by atoms with Crippen LogP contribution in [0.2, 0.25) is 0 Å². The molecule has 1 atom stereocenters. The van der Waals surface area contributed by atoms with Crippen LogP contribution in [0.15, 0.2) is 18.2 Å². The van der Waals surface area contributed by atoms with E-state index in [0.29, 0.717) is 0 Å². The van der Waals surface area contributed by atoms with E-state index in [1.54, 1.807) is 6.07 Å². The number of hydrogen-bond donors (Lipinski definition) is 1. The van der Waals surface area contributed by atoms with Gasteiger partial charge in [0.1, 0.15) is 5.82 Å². The molecule has 17 heavy (non-hydrogen) atoms. The fourth-order valence-corrected chi connectivity index (χ4v) is 2.44. The molecule has 1 saturated heterocycles. The van der Waals surface area contributed by atoms with E-state index in [1.807, 2.05) is 13.0 Å². The quantitative estimate of drug-likeness (QED) is 0.858. The number of ether oxygens (including phenoxy) is 1. The van der Waals surface area contributed by atoms with Gasteiger partial charge in [0.15, 0.2) is 0 Å². The van der Waals surface area contributed by atoms with Gasteiger partial charge in [0.05, 0.1) is 0 Å².